The van der Waals surface area contributed by atoms with Crippen LogP contribution in [0.25, 0.3) is 0 Å². The van der Waals surface area contributed by atoms with Crippen molar-refractivity contribution in [2.75, 3.05) is 16.8 Å². The maximum absolute atomic E-state index is 12.0. The molecule has 3 N–H and O–H groups in total. The van der Waals surface area contributed by atoms with E-state index in [-0.39, 0.29) is 11.7 Å². The van der Waals surface area contributed by atoms with E-state index < -0.39 is 0 Å². The van der Waals surface area contributed by atoms with Gasteiger partial charge in [0.25, 0.3) is 0 Å². The number of benzene rings is 2. The summed E-state index contributed by atoms with van der Waals surface area (Å²) in [4.78, 5) is 12.8. The zero-order valence-corrected chi connectivity index (χ0v) is 13.6. The SMILES string of the molecule is Cc1ccc(Cl)cc1NC(=O)CSc1ccc(N)cc1Cl. The highest BCUT2D eigenvalue weighted by molar-refractivity contribution is 8.00. The number of rotatable bonds is 4. The lowest BCUT2D eigenvalue weighted by atomic mass is 10.2. The van der Waals surface area contributed by atoms with Crippen LogP contribution in [0.5, 0.6) is 0 Å². The van der Waals surface area contributed by atoms with Gasteiger partial charge in [-0.05, 0) is 42.8 Å². The lowest BCUT2D eigenvalue weighted by Gasteiger charge is -2.09. The maximum Gasteiger partial charge on any atom is 0.234 e. The quantitative estimate of drug-likeness (QED) is 0.630. The molecule has 0 atom stereocenters. The monoisotopic (exact) mass is 340 g/mol. The number of halogens is 2. The molecule has 2 aromatic carbocycles. The molecule has 0 radical (unpaired) electrons. The van der Waals surface area contributed by atoms with Crippen LogP contribution < -0.4 is 11.1 Å². The predicted octanol–water partition coefficient (Wildman–Crippen LogP) is 4.61. The molecule has 1 amide bonds. The number of thioether (sulfide) groups is 1. The van der Waals surface area contributed by atoms with E-state index in [0.717, 1.165) is 16.1 Å². The van der Waals surface area contributed by atoms with E-state index in [2.05, 4.69) is 5.32 Å². The highest BCUT2D eigenvalue weighted by atomic mass is 35.5. The van der Waals surface area contributed by atoms with Crippen molar-refractivity contribution in [2.24, 2.45) is 0 Å². The number of hydrogen-bond donors (Lipinski definition) is 2. The molecule has 2 aromatic rings. The van der Waals surface area contributed by atoms with Crippen molar-refractivity contribution in [3.8, 4) is 0 Å². The summed E-state index contributed by atoms with van der Waals surface area (Å²) in [6.07, 6.45) is 0. The third-order valence-corrected chi connectivity index (χ3v) is 4.52. The van der Waals surface area contributed by atoms with Gasteiger partial charge in [-0.25, -0.2) is 0 Å². The number of anilines is 2. The van der Waals surface area contributed by atoms with Gasteiger partial charge < -0.3 is 11.1 Å². The first-order valence-corrected chi connectivity index (χ1v) is 7.93. The number of amides is 1. The minimum Gasteiger partial charge on any atom is -0.399 e. The van der Waals surface area contributed by atoms with Gasteiger partial charge in [-0.1, -0.05) is 29.3 Å². The number of nitrogen functional groups attached to an aromatic ring is 1. The second kappa shape index (κ2) is 7.07. The molecule has 6 heteroatoms. The summed E-state index contributed by atoms with van der Waals surface area (Å²) in [6, 6.07) is 10.6. The topological polar surface area (TPSA) is 55.1 Å². The Morgan fingerprint density at radius 1 is 1.24 bits per heavy atom. The Hall–Kier alpha value is -1.36. The molecule has 0 bridgehead atoms. The third kappa shape index (κ3) is 4.56. The molecule has 0 fully saturated rings. The molecule has 0 saturated heterocycles. The molecule has 0 unspecified atom stereocenters. The van der Waals surface area contributed by atoms with Crippen LogP contribution in [0.4, 0.5) is 11.4 Å². The maximum atomic E-state index is 12.0. The summed E-state index contributed by atoms with van der Waals surface area (Å²) in [7, 11) is 0. The van der Waals surface area contributed by atoms with E-state index in [1.807, 2.05) is 13.0 Å². The molecule has 0 aliphatic heterocycles. The highest BCUT2D eigenvalue weighted by Gasteiger charge is 2.08. The number of carbonyl (C=O) groups is 1. The van der Waals surface area contributed by atoms with Crippen molar-refractivity contribution in [1.29, 1.82) is 0 Å². The summed E-state index contributed by atoms with van der Waals surface area (Å²) >= 11 is 13.4. The summed E-state index contributed by atoms with van der Waals surface area (Å²) in [5.41, 5.74) is 7.91. The first-order chi connectivity index (χ1) is 9.95. The molecule has 110 valence electrons. The predicted molar refractivity (Wildman–Crippen MR) is 91.4 cm³/mol. The number of carbonyl (C=O) groups excluding carboxylic acids is 1. The second-order valence-electron chi connectivity index (χ2n) is 4.49. The molecule has 0 saturated carbocycles. The van der Waals surface area contributed by atoms with Gasteiger partial charge in [0.15, 0.2) is 0 Å². The largest absolute Gasteiger partial charge is 0.399 e. The Kier molecular flexibility index (Phi) is 5.39. The Balaban J connectivity index is 1.97. The first kappa shape index (κ1) is 16.0. The summed E-state index contributed by atoms with van der Waals surface area (Å²) in [5.74, 6) is 0.147. The Labute approximate surface area is 137 Å². The van der Waals surface area contributed by atoms with E-state index in [4.69, 9.17) is 28.9 Å². The molecule has 0 aromatic heterocycles. The van der Waals surface area contributed by atoms with Crippen LogP contribution in [-0.2, 0) is 4.79 Å². The van der Waals surface area contributed by atoms with Crippen molar-refractivity contribution in [3.63, 3.8) is 0 Å². The number of nitrogens with one attached hydrogen (secondary N) is 1. The molecule has 21 heavy (non-hydrogen) atoms. The van der Waals surface area contributed by atoms with Crippen LogP contribution in [0.2, 0.25) is 10.0 Å². The smallest absolute Gasteiger partial charge is 0.234 e. The van der Waals surface area contributed by atoms with Gasteiger partial charge >= 0.3 is 0 Å². The molecule has 0 aliphatic carbocycles. The summed E-state index contributed by atoms with van der Waals surface area (Å²) < 4.78 is 0. The fourth-order valence-corrected chi connectivity index (χ4v) is 2.94. The molecule has 0 spiro atoms. The van der Waals surface area contributed by atoms with Gasteiger partial charge in [0.1, 0.15) is 0 Å². The highest BCUT2D eigenvalue weighted by Crippen LogP contribution is 2.29. The van der Waals surface area contributed by atoms with Gasteiger partial charge in [-0.3, -0.25) is 4.79 Å². The minimum absolute atomic E-state index is 0.113. The van der Waals surface area contributed by atoms with E-state index in [9.17, 15) is 4.79 Å². The van der Waals surface area contributed by atoms with Crippen molar-refractivity contribution in [3.05, 3.63) is 52.0 Å². The first-order valence-electron chi connectivity index (χ1n) is 6.19. The van der Waals surface area contributed by atoms with Crippen LogP contribution >= 0.6 is 35.0 Å². The van der Waals surface area contributed by atoms with Crippen molar-refractivity contribution in [2.45, 2.75) is 11.8 Å². The van der Waals surface area contributed by atoms with Crippen molar-refractivity contribution in [1.82, 2.24) is 0 Å². The minimum atomic E-state index is -0.113. The molecule has 3 nitrogen and oxygen atoms in total. The molecule has 0 heterocycles. The summed E-state index contributed by atoms with van der Waals surface area (Å²) in [5, 5.41) is 3.98. The Morgan fingerprint density at radius 3 is 2.71 bits per heavy atom. The zero-order valence-electron chi connectivity index (χ0n) is 11.3. The fourth-order valence-electron chi connectivity index (χ4n) is 1.69. The van der Waals surface area contributed by atoms with Crippen LogP contribution in [0.15, 0.2) is 41.3 Å². The van der Waals surface area contributed by atoms with Gasteiger partial charge in [-0.15, -0.1) is 11.8 Å². The molecule has 0 aliphatic rings. The molecular formula is C15H14Cl2N2OS. The molecule has 2 rings (SSSR count). The lowest BCUT2D eigenvalue weighted by molar-refractivity contribution is -0.113. The number of nitrogens with two attached hydrogens (primary N) is 1. The van der Waals surface area contributed by atoms with Crippen molar-refractivity contribution < 1.29 is 4.79 Å². The van der Waals surface area contributed by atoms with Crippen LogP contribution in [0.3, 0.4) is 0 Å². The van der Waals surface area contributed by atoms with Gasteiger partial charge in [0, 0.05) is 21.3 Å². The second-order valence-corrected chi connectivity index (χ2v) is 6.35. The average molecular weight is 341 g/mol. The summed E-state index contributed by atoms with van der Waals surface area (Å²) in [6.45, 7) is 1.91. The Morgan fingerprint density at radius 2 is 2.00 bits per heavy atom. The normalized spacial score (nSPS) is 10.4. The van der Waals surface area contributed by atoms with E-state index in [0.29, 0.717) is 15.7 Å². The van der Waals surface area contributed by atoms with Crippen molar-refractivity contribution >= 4 is 52.2 Å². The zero-order chi connectivity index (χ0) is 15.4. The van der Waals surface area contributed by atoms with Gasteiger partial charge in [0.05, 0.1) is 10.8 Å². The van der Waals surface area contributed by atoms with Gasteiger partial charge in [0.2, 0.25) is 5.91 Å². The standard InChI is InChI=1S/C15H14Cl2N2OS/c1-9-2-3-10(16)6-13(9)19-15(20)8-21-14-5-4-11(18)7-12(14)17/h2-7H,8,18H2,1H3,(H,19,20). The van der Waals surface area contributed by atoms with E-state index in [1.165, 1.54) is 11.8 Å². The third-order valence-electron chi connectivity index (χ3n) is 2.79. The lowest BCUT2D eigenvalue weighted by Crippen LogP contribution is -2.14. The van der Waals surface area contributed by atoms with Crippen LogP contribution in [-0.4, -0.2) is 11.7 Å². The van der Waals surface area contributed by atoms with E-state index in [1.54, 1.807) is 30.3 Å². The van der Waals surface area contributed by atoms with Gasteiger partial charge in [-0.2, -0.15) is 0 Å². The van der Waals surface area contributed by atoms with Crippen LogP contribution in [0, 0.1) is 6.92 Å². The Bertz CT molecular complexity index is 677. The fraction of sp³-hybridized carbons (Fsp3) is 0.133. The number of hydrogen-bond acceptors (Lipinski definition) is 3. The van der Waals surface area contributed by atoms with E-state index >= 15 is 0 Å². The molecular weight excluding hydrogens is 327 g/mol. The van der Waals surface area contributed by atoms with Crippen LogP contribution in [0.1, 0.15) is 5.56 Å². The average Bonchev–Trinajstić information content (AvgIpc) is 2.42. The number of aryl methyl sites for hydroxylation is 1.